The molecule has 0 bridgehead atoms. The average molecular weight is 311 g/mol. The van der Waals surface area contributed by atoms with Gasteiger partial charge < -0.3 is 5.11 Å². The van der Waals surface area contributed by atoms with E-state index < -0.39 is 23.5 Å². The van der Waals surface area contributed by atoms with Gasteiger partial charge in [0.15, 0.2) is 0 Å². The number of aliphatic hydroxyl groups is 1. The van der Waals surface area contributed by atoms with Crippen LogP contribution in [0.5, 0.6) is 0 Å². The minimum Gasteiger partial charge on any atom is -0.392 e. The second kappa shape index (κ2) is 5.11. The molecule has 1 heterocycles. The molecule has 19 heavy (non-hydrogen) atoms. The van der Waals surface area contributed by atoms with E-state index in [1.165, 1.54) is 17.5 Å². The summed E-state index contributed by atoms with van der Waals surface area (Å²) in [6.45, 7) is -0.810. The van der Waals surface area contributed by atoms with Gasteiger partial charge in [-0.25, -0.2) is 4.39 Å². The number of benzene rings is 1. The van der Waals surface area contributed by atoms with Gasteiger partial charge in [-0.2, -0.15) is 13.2 Å². The topological polar surface area (TPSA) is 20.2 Å². The molecule has 0 aliphatic heterocycles. The highest BCUT2D eigenvalue weighted by molar-refractivity contribution is 7.10. The molecule has 2 rings (SSSR count). The predicted molar refractivity (Wildman–Crippen MR) is 65.6 cm³/mol. The molecule has 0 unspecified atom stereocenters. The number of aliphatic hydroxyl groups excluding tert-OH is 1. The van der Waals surface area contributed by atoms with E-state index in [0.717, 1.165) is 6.07 Å². The summed E-state index contributed by atoms with van der Waals surface area (Å²) in [4.78, 5) is -0.917. The van der Waals surface area contributed by atoms with E-state index in [1.54, 1.807) is 0 Å². The van der Waals surface area contributed by atoms with Crippen molar-refractivity contribution in [2.24, 2.45) is 0 Å². The number of thiophene rings is 1. The van der Waals surface area contributed by atoms with Crippen LogP contribution in [0.4, 0.5) is 17.6 Å². The molecular weight excluding hydrogens is 304 g/mol. The molecule has 0 atom stereocenters. The first kappa shape index (κ1) is 14.3. The number of alkyl halides is 3. The standard InChI is InChI=1S/C12H7ClF4OS/c13-6-1-2-7(10(14)3-6)9-5-19-11(8(9)4-18)12(15,16)17/h1-3,5,18H,4H2. The summed E-state index contributed by atoms with van der Waals surface area (Å²) in [5, 5.41) is 10.4. The van der Waals surface area contributed by atoms with E-state index in [2.05, 4.69) is 0 Å². The highest BCUT2D eigenvalue weighted by Gasteiger charge is 2.36. The third-order valence-corrected chi connectivity index (χ3v) is 3.83. The first-order valence-corrected chi connectivity index (χ1v) is 6.34. The Balaban J connectivity index is 2.60. The SMILES string of the molecule is OCc1c(-c2ccc(Cl)cc2F)csc1C(F)(F)F. The van der Waals surface area contributed by atoms with Crippen molar-refractivity contribution in [3.05, 3.63) is 44.9 Å². The Morgan fingerprint density at radius 3 is 2.42 bits per heavy atom. The van der Waals surface area contributed by atoms with Crippen LogP contribution in [0.15, 0.2) is 23.6 Å². The van der Waals surface area contributed by atoms with Crippen LogP contribution in [0.25, 0.3) is 11.1 Å². The van der Waals surface area contributed by atoms with Crippen LogP contribution < -0.4 is 0 Å². The van der Waals surface area contributed by atoms with E-state index >= 15 is 0 Å². The monoisotopic (exact) mass is 310 g/mol. The largest absolute Gasteiger partial charge is 0.425 e. The van der Waals surface area contributed by atoms with Gasteiger partial charge in [0.25, 0.3) is 0 Å². The van der Waals surface area contributed by atoms with Gasteiger partial charge >= 0.3 is 6.18 Å². The summed E-state index contributed by atoms with van der Waals surface area (Å²) in [6, 6.07) is 3.69. The summed E-state index contributed by atoms with van der Waals surface area (Å²) in [6.07, 6.45) is -4.57. The lowest BCUT2D eigenvalue weighted by Crippen LogP contribution is -2.06. The van der Waals surface area contributed by atoms with Crippen LogP contribution in [0, 0.1) is 5.82 Å². The molecule has 1 nitrogen and oxygen atoms in total. The molecule has 1 aromatic carbocycles. The molecule has 0 amide bonds. The van der Waals surface area contributed by atoms with E-state index in [9.17, 15) is 17.6 Å². The zero-order valence-electron chi connectivity index (χ0n) is 9.26. The molecule has 0 fully saturated rings. The second-order valence-electron chi connectivity index (χ2n) is 3.74. The Hall–Kier alpha value is -1.11. The first-order chi connectivity index (χ1) is 8.84. The van der Waals surface area contributed by atoms with Crippen molar-refractivity contribution in [1.29, 1.82) is 0 Å². The Bertz CT molecular complexity index is 606. The molecule has 0 aliphatic carbocycles. The van der Waals surface area contributed by atoms with Gasteiger partial charge in [-0.3, -0.25) is 0 Å². The van der Waals surface area contributed by atoms with Crippen molar-refractivity contribution in [2.45, 2.75) is 12.8 Å². The van der Waals surface area contributed by atoms with Crippen molar-refractivity contribution >= 4 is 22.9 Å². The zero-order valence-corrected chi connectivity index (χ0v) is 10.8. The lowest BCUT2D eigenvalue weighted by atomic mass is 10.0. The van der Waals surface area contributed by atoms with Crippen LogP contribution in [0.1, 0.15) is 10.4 Å². The molecular formula is C12H7ClF4OS. The van der Waals surface area contributed by atoms with Gasteiger partial charge in [0.1, 0.15) is 10.7 Å². The molecule has 1 N–H and O–H groups in total. The minimum atomic E-state index is -4.57. The maximum absolute atomic E-state index is 13.7. The summed E-state index contributed by atoms with van der Waals surface area (Å²) in [5.41, 5.74) is -0.298. The van der Waals surface area contributed by atoms with Crippen molar-refractivity contribution in [2.75, 3.05) is 0 Å². The average Bonchev–Trinajstić information content (AvgIpc) is 2.72. The molecule has 0 aliphatic rings. The summed E-state index contributed by atoms with van der Waals surface area (Å²) in [5.74, 6) is -0.728. The molecule has 0 saturated heterocycles. The van der Waals surface area contributed by atoms with Crippen molar-refractivity contribution in [3.8, 4) is 11.1 Å². The molecule has 7 heteroatoms. The number of hydrogen-bond donors (Lipinski definition) is 1. The van der Waals surface area contributed by atoms with Crippen LogP contribution >= 0.6 is 22.9 Å². The van der Waals surface area contributed by atoms with Gasteiger partial charge in [0, 0.05) is 21.7 Å². The lowest BCUT2D eigenvalue weighted by Gasteiger charge is -2.08. The smallest absolute Gasteiger partial charge is 0.392 e. The fourth-order valence-electron chi connectivity index (χ4n) is 1.71. The van der Waals surface area contributed by atoms with Crippen molar-refractivity contribution in [1.82, 2.24) is 0 Å². The molecule has 0 radical (unpaired) electrons. The molecule has 102 valence electrons. The van der Waals surface area contributed by atoms with Gasteiger partial charge in [0.05, 0.1) is 6.61 Å². The molecule has 1 aromatic heterocycles. The number of halogens is 5. The lowest BCUT2D eigenvalue weighted by molar-refractivity contribution is -0.135. The summed E-state index contributed by atoms with van der Waals surface area (Å²) in [7, 11) is 0. The van der Waals surface area contributed by atoms with Crippen LogP contribution in [-0.2, 0) is 12.8 Å². The predicted octanol–water partition coefficient (Wildman–Crippen LogP) is 4.72. The summed E-state index contributed by atoms with van der Waals surface area (Å²) >= 11 is 6.02. The normalized spacial score (nSPS) is 11.9. The molecule has 0 saturated carbocycles. The van der Waals surface area contributed by atoms with E-state index in [1.807, 2.05) is 0 Å². The first-order valence-electron chi connectivity index (χ1n) is 5.08. The minimum absolute atomic E-state index is 0.0137. The molecule has 0 spiro atoms. The highest BCUT2D eigenvalue weighted by atomic mass is 35.5. The Morgan fingerprint density at radius 1 is 1.21 bits per heavy atom. The van der Waals surface area contributed by atoms with Gasteiger partial charge in [-0.15, -0.1) is 11.3 Å². The quantitative estimate of drug-likeness (QED) is 0.796. The van der Waals surface area contributed by atoms with Crippen LogP contribution in [0.2, 0.25) is 5.02 Å². The van der Waals surface area contributed by atoms with E-state index in [-0.39, 0.29) is 21.7 Å². The maximum Gasteiger partial charge on any atom is 0.425 e. The maximum atomic E-state index is 13.7. The van der Waals surface area contributed by atoms with Crippen LogP contribution in [0.3, 0.4) is 0 Å². The Morgan fingerprint density at radius 2 is 1.89 bits per heavy atom. The highest BCUT2D eigenvalue weighted by Crippen LogP contribution is 2.42. The number of hydrogen-bond acceptors (Lipinski definition) is 2. The second-order valence-corrected chi connectivity index (χ2v) is 5.05. The number of rotatable bonds is 2. The summed E-state index contributed by atoms with van der Waals surface area (Å²) < 4.78 is 51.9. The van der Waals surface area contributed by atoms with Gasteiger partial charge in [-0.1, -0.05) is 11.6 Å². The van der Waals surface area contributed by atoms with Crippen LogP contribution in [-0.4, -0.2) is 5.11 Å². The van der Waals surface area contributed by atoms with E-state index in [0.29, 0.717) is 11.3 Å². The molecule has 2 aromatic rings. The van der Waals surface area contributed by atoms with E-state index in [4.69, 9.17) is 16.7 Å². The zero-order chi connectivity index (χ0) is 14.2. The third kappa shape index (κ3) is 2.75. The van der Waals surface area contributed by atoms with Gasteiger partial charge in [-0.05, 0) is 23.6 Å². The third-order valence-electron chi connectivity index (χ3n) is 2.53. The van der Waals surface area contributed by atoms with Gasteiger partial charge in [0.2, 0.25) is 0 Å². The van der Waals surface area contributed by atoms with Crippen molar-refractivity contribution in [3.63, 3.8) is 0 Å². The Labute approximate surface area is 115 Å². The fraction of sp³-hybridized carbons (Fsp3) is 0.167. The van der Waals surface area contributed by atoms with Crippen molar-refractivity contribution < 1.29 is 22.7 Å². The fourth-order valence-corrected chi connectivity index (χ4v) is 2.83. The Kier molecular flexibility index (Phi) is 3.85.